The van der Waals surface area contributed by atoms with Crippen LogP contribution in [0.25, 0.3) is 0 Å². The molecule has 0 bridgehead atoms. The molecular formula is C11H17N3O3S. The number of nitrogens with zero attached hydrogens (tertiary/aromatic N) is 2. The first-order chi connectivity index (χ1) is 8.53. The van der Waals surface area contributed by atoms with Crippen LogP contribution in [0.15, 0.2) is 4.52 Å². The second kappa shape index (κ2) is 4.31. The van der Waals surface area contributed by atoms with Crippen molar-refractivity contribution in [3.05, 3.63) is 11.7 Å². The van der Waals surface area contributed by atoms with Crippen molar-refractivity contribution in [3.8, 4) is 0 Å². The van der Waals surface area contributed by atoms with Gasteiger partial charge in [0, 0.05) is 12.0 Å². The third-order valence-electron chi connectivity index (χ3n) is 3.70. The SMILES string of the molecule is CC1CC1c1noc(CNC2CCS(=O)(=O)C2)n1. The van der Waals surface area contributed by atoms with Crippen LogP contribution in [0, 0.1) is 5.92 Å². The molecule has 6 nitrogen and oxygen atoms in total. The molecule has 3 rings (SSSR count). The summed E-state index contributed by atoms with van der Waals surface area (Å²) in [5.74, 6) is 2.94. The van der Waals surface area contributed by atoms with Crippen LogP contribution in [0.5, 0.6) is 0 Å². The molecule has 1 aliphatic heterocycles. The average molecular weight is 271 g/mol. The van der Waals surface area contributed by atoms with Gasteiger partial charge in [-0.25, -0.2) is 8.42 Å². The summed E-state index contributed by atoms with van der Waals surface area (Å²) in [4.78, 5) is 4.33. The molecule has 7 heteroatoms. The van der Waals surface area contributed by atoms with Crippen LogP contribution in [0.3, 0.4) is 0 Å². The average Bonchev–Trinajstić information content (AvgIpc) is 2.76. The summed E-state index contributed by atoms with van der Waals surface area (Å²) in [6.07, 6.45) is 1.80. The predicted octanol–water partition coefficient (Wildman–Crippen LogP) is 0.470. The summed E-state index contributed by atoms with van der Waals surface area (Å²) >= 11 is 0. The molecule has 1 saturated heterocycles. The molecule has 1 saturated carbocycles. The molecular weight excluding hydrogens is 254 g/mol. The molecule has 0 spiro atoms. The molecule has 100 valence electrons. The van der Waals surface area contributed by atoms with E-state index in [1.165, 1.54) is 0 Å². The van der Waals surface area contributed by atoms with Crippen molar-refractivity contribution in [2.45, 2.75) is 38.3 Å². The Kier molecular flexibility index (Phi) is 2.90. The highest BCUT2D eigenvalue weighted by atomic mass is 32.2. The van der Waals surface area contributed by atoms with Crippen molar-refractivity contribution in [1.82, 2.24) is 15.5 Å². The fourth-order valence-electron chi connectivity index (χ4n) is 2.36. The molecule has 1 aliphatic carbocycles. The molecule has 0 radical (unpaired) electrons. The van der Waals surface area contributed by atoms with Crippen molar-refractivity contribution < 1.29 is 12.9 Å². The lowest BCUT2D eigenvalue weighted by Gasteiger charge is -2.07. The van der Waals surface area contributed by atoms with Gasteiger partial charge in [0.15, 0.2) is 15.7 Å². The lowest BCUT2D eigenvalue weighted by atomic mass is 10.2. The molecule has 2 heterocycles. The van der Waals surface area contributed by atoms with Crippen LogP contribution in [0.4, 0.5) is 0 Å². The van der Waals surface area contributed by atoms with Crippen LogP contribution in [0.1, 0.15) is 37.4 Å². The normalized spacial score (nSPS) is 33.7. The Morgan fingerprint density at radius 2 is 2.28 bits per heavy atom. The minimum absolute atomic E-state index is 0.0187. The Morgan fingerprint density at radius 3 is 2.89 bits per heavy atom. The van der Waals surface area contributed by atoms with E-state index < -0.39 is 9.84 Å². The van der Waals surface area contributed by atoms with Gasteiger partial charge >= 0.3 is 0 Å². The Hall–Kier alpha value is -0.950. The van der Waals surface area contributed by atoms with E-state index in [-0.39, 0.29) is 17.5 Å². The number of hydrogen-bond donors (Lipinski definition) is 1. The summed E-state index contributed by atoms with van der Waals surface area (Å²) in [6.45, 7) is 2.62. The summed E-state index contributed by atoms with van der Waals surface area (Å²) in [7, 11) is -2.83. The van der Waals surface area contributed by atoms with Gasteiger partial charge in [-0.05, 0) is 18.8 Å². The molecule has 0 aromatic carbocycles. The van der Waals surface area contributed by atoms with Gasteiger partial charge in [0.05, 0.1) is 18.1 Å². The molecule has 18 heavy (non-hydrogen) atoms. The van der Waals surface area contributed by atoms with E-state index in [1.54, 1.807) is 0 Å². The molecule has 2 fully saturated rings. The highest BCUT2D eigenvalue weighted by Crippen LogP contribution is 2.45. The third-order valence-corrected chi connectivity index (χ3v) is 5.47. The number of nitrogens with one attached hydrogen (secondary N) is 1. The molecule has 1 N–H and O–H groups in total. The maximum atomic E-state index is 11.3. The second-order valence-electron chi connectivity index (χ2n) is 5.35. The summed E-state index contributed by atoms with van der Waals surface area (Å²) in [5.41, 5.74) is 0. The number of sulfone groups is 1. The second-order valence-corrected chi connectivity index (χ2v) is 7.58. The molecule has 1 aromatic rings. The van der Waals surface area contributed by atoms with Gasteiger partial charge in [0.1, 0.15) is 0 Å². The Balaban J connectivity index is 1.53. The first-order valence-electron chi connectivity index (χ1n) is 6.30. The zero-order valence-corrected chi connectivity index (χ0v) is 11.1. The van der Waals surface area contributed by atoms with Crippen LogP contribution in [-0.2, 0) is 16.4 Å². The Morgan fingerprint density at radius 1 is 1.50 bits per heavy atom. The first kappa shape index (κ1) is 12.1. The minimum atomic E-state index is -2.83. The standard InChI is InChI=1S/C11H17N3O3S/c1-7-4-9(7)11-13-10(17-14-11)5-12-8-2-3-18(15,16)6-8/h7-9,12H,2-6H2,1H3. The van der Waals surface area contributed by atoms with E-state index in [9.17, 15) is 8.42 Å². The zero-order valence-electron chi connectivity index (χ0n) is 10.3. The first-order valence-corrected chi connectivity index (χ1v) is 8.12. The smallest absolute Gasteiger partial charge is 0.240 e. The van der Waals surface area contributed by atoms with E-state index in [2.05, 4.69) is 22.4 Å². The number of hydrogen-bond acceptors (Lipinski definition) is 6. The summed E-state index contributed by atoms with van der Waals surface area (Å²) < 4.78 is 27.8. The van der Waals surface area contributed by atoms with E-state index in [0.717, 1.165) is 12.2 Å². The number of aromatic nitrogens is 2. The quantitative estimate of drug-likeness (QED) is 0.857. The van der Waals surface area contributed by atoms with Crippen molar-refractivity contribution in [3.63, 3.8) is 0 Å². The fourth-order valence-corrected chi connectivity index (χ4v) is 4.07. The van der Waals surface area contributed by atoms with E-state index >= 15 is 0 Å². The maximum absolute atomic E-state index is 11.3. The summed E-state index contributed by atoms with van der Waals surface area (Å²) in [5, 5.41) is 7.12. The minimum Gasteiger partial charge on any atom is -0.338 e. The Bertz CT molecular complexity index is 539. The number of rotatable bonds is 4. The largest absolute Gasteiger partial charge is 0.338 e. The van der Waals surface area contributed by atoms with Crippen molar-refractivity contribution in [2.75, 3.05) is 11.5 Å². The topological polar surface area (TPSA) is 85.1 Å². The lowest BCUT2D eigenvalue weighted by molar-refractivity contribution is 0.355. The maximum Gasteiger partial charge on any atom is 0.240 e. The fraction of sp³-hybridized carbons (Fsp3) is 0.818. The van der Waals surface area contributed by atoms with Gasteiger partial charge in [-0.15, -0.1) is 0 Å². The van der Waals surface area contributed by atoms with Gasteiger partial charge in [-0.1, -0.05) is 12.1 Å². The van der Waals surface area contributed by atoms with Gasteiger partial charge in [0.25, 0.3) is 0 Å². The van der Waals surface area contributed by atoms with E-state index in [1.807, 2.05) is 0 Å². The lowest BCUT2D eigenvalue weighted by Crippen LogP contribution is -2.29. The van der Waals surface area contributed by atoms with Gasteiger partial charge in [0.2, 0.25) is 5.89 Å². The van der Waals surface area contributed by atoms with Crippen LogP contribution < -0.4 is 5.32 Å². The van der Waals surface area contributed by atoms with E-state index in [0.29, 0.717) is 30.7 Å². The zero-order chi connectivity index (χ0) is 12.8. The predicted molar refractivity (Wildman–Crippen MR) is 64.7 cm³/mol. The van der Waals surface area contributed by atoms with Crippen LogP contribution >= 0.6 is 0 Å². The third kappa shape index (κ3) is 2.56. The summed E-state index contributed by atoms with van der Waals surface area (Å²) in [6, 6.07) is 0.0187. The van der Waals surface area contributed by atoms with Crippen molar-refractivity contribution in [1.29, 1.82) is 0 Å². The molecule has 0 amide bonds. The van der Waals surface area contributed by atoms with E-state index in [4.69, 9.17) is 4.52 Å². The van der Waals surface area contributed by atoms with Gasteiger partial charge in [-0.2, -0.15) is 4.98 Å². The molecule has 1 aromatic heterocycles. The van der Waals surface area contributed by atoms with Crippen molar-refractivity contribution >= 4 is 9.84 Å². The van der Waals surface area contributed by atoms with Gasteiger partial charge < -0.3 is 9.84 Å². The van der Waals surface area contributed by atoms with Crippen LogP contribution in [0.2, 0.25) is 0 Å². The molecule has 3 unspecified atom stereocenters. The monoisotopic (exact) mass is 271 g/mol. The Labute approximate surface area is 106 Å². The molecule has 2 aliphatic rings. The van der Waals surface area contributed by atoms with Crippen molar-refractivity contribution in [2.24, 2.45) is 5.92 Å². The molecule has 3 atom stereocenters. The highest BCUT2D eigenvalue weighted by molar-refractivity contribution is 7.91. The van der Waals surface area contributed by atoms with Crippen LogP contribution in [-0.4, -0.2) is 36.1 Å². The highest BCUT2D eigenvalue weighted by Gasteiger charge is 2.38. The van der Waals surface area contributed by atoms with Gasteiger partial charge in [-0.3, -0.25) is 0 Å².